The molecule has 8 nitrogen and oxygen atoms in total. The molecule has 1 aliphatic heterocycles. The van der Waals surface area contributed by atoms with Crippen molar-refractivity contribution in [2.75, 3.05) is 19.8 Å². The zero-order valence-electron chi connectivity index (χ0n) is 18.4. The second kappa shape index (κ2) is 11.1. The fraction of sp³-hybridized carbons (Fsp3) is 0.167. The van der Waals surface area contributed by atoms with Crippen LogP contribution in [0.5, 0.6) is 11.5 Å². The minimum absolute atomic E-state index is 0.0121. The number of halogens is 2. The van der Waals surface area contributed by atoms with Crippen molar-refractivity contribution in [3.8, 4) is 11.5 Å². The molecule has 0 spiro atoms. The summed E-state index contributed by atoms with van der Waals surface area (Å²) in [7, 11) is -4.07. The van der Waals surface area contributed by atoms with Gasteiger partial charge in [0.15, 0.2) is 11.5 Å². The molecule has 0 saturated heterocycles. The van der Waals surface area contributed by atoms with Crippen molar-refractivity contribution < 1.29 is 22.7 Å². The van der Waals surface area contributed by atoms with E-state index in [0.717, 1.165) is 9.87 Å². The number of benzene rings is 3. The van der Waals surface area contributed by atoms with E-state index in [-0.39, 0.29) is 11.4 Å². The molecular weight excluding hydrogens is 513 g/mol. The quantitative estimate of drug-likeness (QED) is 0.347. The number of carbonyl (C=O) groups is 1. The van der Waals surface area contributed by atoms with E-state index in [1.807, 2.05) is 6.07 Å². The molecule has 0 unspecified atom stereocenters. The second-order valence-corrected chi connectivity index (χ2v) is 10.3. The number of hydrogen-bond acceptors (Lipinski definition) is 6. The zero-order chi connectivity index (χ0) is 24.8. The fourth-order valence-corrected chi connectivity index (χ4v) is 5.18. The lowest BCUT2D eigenvalue weighted by Crippen LogP contribution is -2.39. The molecule has 11 heteroatoms. The first kappa shape index (κ1) is 25.0. The van der Waals surface area contributed by atoms with Crippen molar-refractivity contribution in [2.24, 2.45) is 5.10 Å². The molecule has 1 aliphatic rings. The lowest BCUT2D eigenvalue weighted by Gasteiger charge is -2.23. The topological polar surface area (TPSA) is 97.3 Å². The molecule has 1 N–H and O–H groups in total. The maximum Gasteiger partial charge on any atom is 0.255 e. The van der Waals surface area contributed by atoms with Gasteiger partial charge in [-0.2, -0.15) is 9.41 Å². The van der Waals surface area contributed by atoms with Crippen LogP contribution < -0.4 is 14.9 Å². The third-order valence-electron chi connectivity index (χ3n) is 5.03. The highest BCUT2D eigenvalue weighted by molar-refractivity contribution is 7.89. The van der Waals surface area contributed by atoms with E-state index in [4.69, 9.17) is 32.7 Å². The van der Waals surface area contributed by atoms with Gasteiger partial charge in [0.05, 0.1) is 22.7 Å². The average Bonchev–Trinajstić information content (AvgIpc) is 2.85. The lowest BCUT2D eigenvalue weighted by molar-refractivity contribution is -0.121. The smallest absolute Gasteiger partial charge is 0.255 e. The predicted octanol–water partition coefficient (Wildman–Crippen LogP) is 4.11. The van der Waals surface area contributed by atoms with Gasteiger partial charge in [0.2, 0.25) is 10.0 Å². The summed E-state index contributed by atoms with van der Waals surface area (Å²) in [5, 5.41) is 4.73. The monoisotopic (exact) mass is 533 g/mol. The summed E-state index contributed by atoms with van der Waals surface area (Å²) in [5.74, 6) is 0.187. The number of ether oxygens (including phenoxy) is 2. The normalized spacial score (nSPS) is 13.2. The maximum absolute atomic E-state index is 13.5. The van der Waals surface area contributed by atoms with Crippen LogP contribution in [0, 0.1) is 0 Å². The van der Waals surface area contributed by atoms with Gasteiger partial charge in [-0.3, -0.25) is 4.79 Å². The first-order valence-corrected chi connectivity index (χ1v) is 12.7. The highest BCUT2D eigenvalue weighted by Gasteiger charge is 2.28. The summed E-state index contributed by atoms with van der Waals surface area (Å²) in [5.41, 5.74) is 3.61. The van der Waals surface area contributed by atoms with E-state index in [1.165, 1.54) is 18.3 Å². The van der Waals surface area contributed by atoms with Crippen LogP contribution in [0.2, 0.25) is 10.0 Å². The summed E-state index contributed by atoms with van der Waals surface area (Å²) in [4.78, 5) is 12.6. The Labute approximate surface area is 213 Å². The fourth-order valence-electron chi connectivity index (χ4n) is 3.32. The molecule has 0 atom stereocenters. The van der Waals surface area contributed by atoms with E-state index >= 15 is 0 Å². The zero-order valence-corrected chi connectivity index (χ0v) is 20.7. The Bertz CT molecular complexity index is 1350. The molecule has 0 aromatic heterocycles. The molecule has 35 heavy (non-hydrogen) atoms. The molecule has 1 amide bonds. The standard InChI is InChI=1S/C24H21Cl2N3O5S/c25-19-7-6-18(21(26)12-19)14-27-28-24(30)16-29(15-17-4-2-1-3-5-17)35(31,32)20-8-9-22-23(13-20)34-11-10-33-22/h1-9,12-14H,10-11,15-16H2,(H,28,30)/b27-14+. The average molecular weight is 534 g/mol. The first-order valence-electron chi connectivity index (χ1n) is 10.5. The Kier molecular flexibility index (Phi) is 7.92. The number of hydrogen-bond donors (Lipinski definition) is 1. The van der Waals surface area contributed by atoms with E-state index in [2.05, 4.69) is 10.5 Å². The first-order chi connectivity index (χ1) is 16.8. The van der Waals surface area contributed by atoms with Crippen molar-refractivity contribution in [3.63, 3.8) is 0 Å². The minimum atomic E-state index is -4.07. The molecule has 182 valence electrons. The van der Waals surface area contributed by atoms with Gasteiger partial charge in [-0.05, 0) is 29.8 Å². The molecule has 0 fully saturated rings. The largest absolute Gasteiger partial charge is 0.486 e. The number of sulfonamides is 1. The Hall–Kier alpha value is -3.11. The van der Waals surface area contributed by atoms with Crippen LogP contribution in [-0.4, -0.2) is 44.6 Å². The van der Waals surface area contributed by atoms with Crippen LogP contribution in [0.4, 0.5) is 0 Å². The van der Waals surface area contributed by atoms with E-state index < -0.39 is 22.5 Å². The van der Waals surface area contributed by atoms with Crippen molar-refractivity contribution >= 4 is 45.3 Å². The molecule has 0 saturated carbocycles. The number of amides is 1. The van der Waals surface area contributed by atoms with Crippen molar-refractivity contribution in [1.82, 2.24) is 9.73 Å². The SMILES string of the molecule is O=C(CN(Cc1ccccc1)S(=O)(=O)c1ccc2c(c1)OCCO2)N/N=C/c1ccc(Cl)cc1Cl. The highest BCUT2D eigenvalue weighted by atomic mass is 35.5. The minimum Gasteiger partial charge on any atom is -0.486 e. The second-order valence-electron chi connectivity index (χ2n) is 7.52. The van der Waals surface area contributed by atoms with Crippen molar-refractivity contribution in [3.05, 3.63) is 87.9 Å². The van der Waals surface area contributed by atoms with Crippen LogP contribution in [0.1, 0.15) is 11.1 Å². The predicted molar refractivity (Wildman–Crippen MR) is 134 cm³/mol. The number of hydrazone groups is 1. The van der Waals surface area contributed by atoms with Gasteiger partial charge in [0, 0.05) is 23.2 Å². The van der Waals surface area contributed by atoms with E-state index in [0.29, 0.717) is 40.3 Å². The van der Waals surface area contributed by atoms with Gasteiger partial charge in [-0.25, -0.2) is 13.8 Å². The Morgan fingerprint density at radius 1 is 1.00 bits per heavy atom. The van der Waals surface area contributed by atoms with Gasteiger partial charge in [-0.1, -0.05) is 59.6 Å². The Balaban J connectivity index is 1.54. The number of nitrogens with one attached hydrogen (secondary N) is 1. The highest BCUT2D eigenvalue weighted by Crippen LogP contribution is 2.33. The third-order valence-corrected chi connectivity index (χ3v) is 7.38. The Morgan fingerprint density at radius 2 is 1.74 bits per heavy atom. The van der Waals surface area contributed by atoms with E-state index in [1.54, 1.807) is 48.5 Å². The lowest BCUT2D eigenvalue weighted by atomic mass is 10.2. The molecule has 3 aromatic rings. The van der Waals surface area contributed by atoms with Crippen molar-refractivity contribution in [1.29, 1.82) is 0 Å². The molecule has 1 heterocycles. The number of rotatable bonds is 8. The van der Waals surface area contributed by atoms with Crippen LogP contribution in [0.15, 0.2) is 76.7 Å². The summed E-state index contributed by atoms with van der Waals surface area (Å²) in [6.45, 7) is 0.235. The molecule has 0 aliphatic carbocycles. The van der Waals surface area contributed by atoms with E-state index in [9.17, 15) is 13.2 Å². The van der Waals surface area contributed by atoms with Gasteiger partial charge in [0.25, 0.3) is 5.91 Å². The van der Waals surface area contributed by atoms with Crippen LogP contribution in [0.25, 0.3) is 0 Å². The van der Waals surface area contributed by atoms with Gasteiger partial charge in [-0.15, -0.1) is 0 Å². The molecule has 4 rings (SSSR count). The summed E-state index contributed by atoms with van der Waals surface area (Å²) in [6, 6.07) is 18.2. The maximum atomic E-state index is 13.5. The van der Waals surface area contributed by atoms with Gasteiger partial charge < -0.3 is 9.47 Å². The van der Waals surface area contributed by atoms with Gasteiger partial charge >= 0.3 is 0 Å². The Morgan fingerprint density at radius 3 is 2.49 bits per heavy atom. The molecule has 0 bridgehead atoms. The number of fused-ring (bicyclic) bond motifs is 1. The summed E-state index contributed by atoms with van der Waals surface area (Å²) in [6.07, 6.45) is 1.35. The molecule has 3 aromatic carbocycles. The van der Waals surface area contributed by atoms with Gasteiger partial charge in [0.1, 0.15) is 13.2 Å². The summed E-state index contributed by atoms with van der Waals surface area (Å²) < 4.78 is 39.1. The third kappa shape index (κ3) is 6.32. The summed E-state index contributed by atoms with van der Waals surface area (Å²) >= 11 is 12.0. The van der Waals surface area contributed by atoms with Crippen LogP contribution in [0.3, 0.4) is 0 Å². The van der Waals surface area contributed by atoms with Crippen molar-refractivity contribution in [2.45, 2.75) is 11.4 Å². The van der Waals surface area contributed by atoms with Crippen LogP contribution >= 0.6 is 23.2 Å². The molecular formula is C24H21Cl2N3O5S. The number of nitrogens with zero attached hydrogens (tertiary/aromatic N) is 2. The molecule has 0 radical (unpaired) electrons. The van der Waals surface area contributed by atoms with Crippen LogP contribution in [-0.2, 0) is 21.4 Å². The number of carbonyl (C=O) groups excluding carboxylic acids is 1.